The van der Waals surface area contributed by atoms with E-state index >= 15 is 0 Å². The number of anilines is 1. The summed E-state index contributed by atoms with van der Waals surface area (Å²) in [7, 11) is 0. The number of hydrogen-bond acceptors (Lipinski definition) is 3. The van der Waals surface area contributed by atoms with E-state index in [0.29, 0.717) is 24.5 Å². The van der Waals surface area contributed by atoms with Crippen LogP contribution >= 0.6 is 0 Å². The van der Waals surface area contributed by atoms with Crippen molar-refractivity contribution in [3.63, 3.8) is 0 Å². The molecule has 0 aliphatic carbocycles. The van der Waals surface area contributed by atoms with Gasteiger partial charge in [0.2, 0.25) is 0 Å². The Balaban J connectivity index is 2.51. The Hall–Kier alpha value is -1.97. The highest BCUT2D eigenvalue weighted by Gasteiger charge is 2.12. The van der Waals surface area contributed by atoms with Crippen LogP contribution in [0, 0.1) is 0 Å². The molecule has 0 heterocycles. The molecule has 0 bridgehead atoms. The van der Waals surface area contributed by atoms with Crippen LogP contribution in [0.1, 0.15) is 13.8 Å². The third kappa shape index (κ3) is 4.49. The lowest BCUT2D eigenvalue weighted by Gasteiger charge is -2.21. The zero-order valence-corrected chi connectivity index (χ0v) is 11.0. The fraction of sp³-hybridized carbons (Fsp3) is 0.357. The monoisotopic (exact) mass is 248 g/mol. The summed E-state index contributed by atoms with van der Waals surface area (Å²) in [5.41, 5.74) is 7.20. The molecule has 4 heteroatoms. The summed E-state index contributed by atoms with van der Waals surface area (Å²) >= 11 is 0. The third-order valence-electron chi connectivity index (χ3n) is 2.42. The highest BCUT2D eigenvalue weighted by atomic mass is 16.5. The molecule has 18 heavy (non-hydrogen) atoms. The van der Waals surface area contributed by atoms with E-state index in [1.807, 2.05) is 13.8 Å². The van der Waals surface area contributed by atoms with Crippen molar-refractivity contribution in [2.45, 2.75) is 13.8 Å². The minimum atomic E-state index is -0.0528. The molecule has 0 aliphatic rings. The van der Waals surface area contributed by atoms with Gasteiger partial charge in [0, 0.05) is 24.8 Å². The molecule has 1 aromatic rings. The first-order valence-electron chi connectivity index (χ1n) is 5.93. The molecule has 0 spiro atoms. The van der Waals surface area contributed by atoms with Crippen LogP contribution in [0.25, 0.3) is 0 Å². The van der Waals surface area contributed by atoms with Crippen molar-refractivity contribution in [3.05, 3.63) is 36.4 Å². The lowest BCUT2D eigenvalue weighted by atomic mass is 10.3. The van der Waals surface area contributed by atoms with Gasteiger partial charge in [-0.05, 0) is 26.0 Å². The maximum Gasteiger partial charge on any atom is 0.260 e. The second-order valence-electron chi connectivity index (χ2n) is 4.23. The lowest BCUT2D eigenvalue weighted by molar-refractivity contribution is -0.132. The van der Waals surface area contributed by atoms with Gasteiger partial charge in [0.25, 0.3) is 5.91 Å². The molecule has 0 fully saturated rings. The highest BCUT2D eigenvalue weighted by molar-refractivity contribution is 5.78. The molecule has 0 saturated heterocycles. The highest BCUT2D eigenvalue weighted by Crippen LogP contribution is 2.14. The molecule has 0 atom stereocenters. The van der Waals surface area contributed by atoms with Gasteiger partial charge in [-0.15, -0.1) is 0 Å². The average Bonchev–Trinajstić information content (AvgIpc) is 2.33. The molecule has 1 aromatic carbocycles. The summed E-state index contributed by atoms with van der Waals surface area (Å²) in [6.07, 6.45) is 0. The van der Waals surface area contributed by atoms with E-state index in [1.54, 1.807) is 29.2 Å². The van der Waals surface area contributed by atoms with Gasteiger partial charge in [0.1, 0.15) is 5.75 Å². The Labute approximate surface area is 108 Å². The minimum absolute atomic E-state index is 0.0184. The first-order chi connectivity index (χ1) is 8.52. The molecule has 4 nitrogen and oxygen atoms in total. The number of amides is 1. The lowest BCUT2D eigenvalue weighted by Crippen LogP contribution is -2.35. The quantitative estimate of drug-likeness (QED) is 0.619. The molecule has 2 N–H and O–H groups in total. The molecule has 0 saturated carbocycles. The number of nitrogens with zero attached hydrogens (tertiary/aromatic N) is 1. The molecule has 1 amide bonds. The predicted molar refractivity (Wildman–Crippen MR) is 73.4 cm³/mol. The zero-order valence-electron chi connectivity index (χ0n) is 11.0. The SMILES string of the molecule is C=C(C)CN(CC)C(=O)COc1cccc(N)c1. The largest absolute Gasteiger partial charge is 0.484 e. The van der Waals surface area contributed by atoms with Crippen LogP contribution < -0.4 is 10.5 Å². The first-order valence-corrected chi connectivity index (χ1v) is 5.93. The van der Waals surface area contributed by atoms with Gasteiger partial charge in [-0.25, -0.2) is 0 Å². The van der Waals surface area contributed by atoms with E-state index in [1.165, 1.54) is 0 Å². The maximum atomic E-state index is 11.9. The normalized spacial score (nSPS) is 9.89. The Kier molecular flexibility index (Phi) is 5.24. The molecule has 0 radical (unpaired) electrons. The van der Waals surface area contributed by atoms with Crippen LogP contribution in [-0.4, -0.2) is 30.5 Å². The third-order valence-corrected chi connectivity index (χ3v) is 2.42. The summed E-state index contributed by atoms with van der Waals surface area (Å²) in [6, 6.07) is 7.04. The fourth-order valence-electron chi connectivity index (χ4n) is 1.54. The van der Waals surface area contributed by atoms with E-state index in [4.69, 9.17) is 10.5 Å². The van der Waals surface area contributed by atoms with Crippen molar-refractivity contribution < 1.29 is 9.53 Å². The van der Waals surface area contributed by atoms with Crippen molar-refractivity contribution in [3.8, 4) is 5.75 Å². The Morgan fingerprint density at radius 2 is 2.22 bits per heavy atom. The second-order valence-corrected chi connectivity index (χ2v) is 4.23. The summed E-state index contributed by atoms with van der Waals surface area (Å²) in [6.45, 7) is 8.86. The number of hydrogen-bond donors (Lipinski definition) is 1. The number of rotatable bonds is 6. The number of likely N-dealkylation sites (N-methyl/N-ethyl adjacent to an activating group) is 1. The van der Waals surface area contributed by atoms with Crippen LogP contribution in [0.15, 0.2) is 36.4 Å². The molecule has 0 aliphatic heterocycles. The van der Waals surface area contributed by atoms with Crippen molar-refractivity contribution >= 4 is 11.6 Å². The Morgan fingerprint density at radius 1 is 1.50 bits per heavy atom. The van der Waals surface area contributed by atoms with Crippen LogP contribution in [0.2, 0.25) is 0 Å². The number of nitrogen functional groups attached to an aromatic ring is 1. The summed E-state index contributed by atoms with van der Waals surface area (Å²) in [4.78, 5) is 13.6. The van der Waals surface area contributed by atoms with Crippen LogP contribution in [0.5, 0.6) is 5.75 Å². The number of carbonyl (C=O) groups excluding carboxylic acids is 1. The van der Waals surface area contributed by atoms with Gasteiger partial charge in [-0.3, -0.25) is 4.79 Å². The molecular weight excluding hydrogens is 228 g/mol. The molecule has 98 valence electrons. The number of carbonyl (C=O) groups is 1. The molecule has 1 rings (SSSR count). The predicted octanol–water partition coefficient (Wildman–Crippen LogP) is 2.07. The smallest absolute Gasteiger partial charge is 0.260 e. The van der Waals surface area contributed by atoms with E-state index in [2.05, 4.69) is 6.58 Å². The summed E-state index contributed by atoms with van der Waals surface area (Å²) in [5, 5.41) is 0. The van der Waals surface area contributed by atoms with E-state index in [9.17, 15) is 4.79 Å². The summed E-state index contributed by atoms with van der Waals surface area (Å²) < 4.78 is 5.41. The molecular formula is C14H20N2O2. The van der Waals surface area contributed by atoms with Crippen molar-refractivity contribution in [1.29, 1.82) is 0 Å². The zero-order chi connectivity index (χ0) is 13.5. The van der Waals surface area contributed by atoms with Gasteiger partial charge in [-0.2, -0.15) is 0 Å². The van der Waals surface area contributed by atoms with Crippen LogP contribution in [-0.2, 0) is 4.79 Å². The summed E-state index contributed by atoms with van der Waals surface area (Å²) in [5.74, 6) is 0.553. The average molecular weight is 248 g/mol. The van der Waals surface area contributed by atoms with Gasteiger partial charge < -0.3 is 15.4 Å². The maximum absolute atomic E-state index is 11.9. The number of benzene rings is 1. The first kappa shape index (κ1) is 14.1. The molecule has 0 unspecified atom stereocenters. The number of ether oxygens (including phenoxy) is 1. The van der Waals surface area contributed by atoms with Gasteiger partial charge in [0.05, 0.1) is 0 Å². The van der Waals surface area contributed by atoms with Gasteiger partial charge in [-0.1, -0.05) is 18.2 Å². The van der Waals surface area contributed by atoms with Crippen molar-refractivity contribution in [2.24, 2.45) is 0 Å². The number of nitrogens with two attached hydrogens (primary N) is 1. The van der Waals surface area contributed by atoms with E-state index < -0.39 is 0 Å². The fourth-order valence-corrected chi connectivity index (χ4v) is 1.54. The van der Waals surface area contributed by atoms with Crippen molar-refractivity contribution in [1.82, 2.24) is 4.90 Å². The standard InChI is InChI=1S/C14H20N2O2/c1-4-16(9-11(2)3)14(17)10-18-13-7-5-6-12(15)8-13/h5-8H,2,4,9-10,15H2,1,3H3. The molecule has 0 aromatic heterocycles. The topological polar surface area (TPSA) is 55.6 Å². The van der Waals surface area contributed by atoms with Crippen molar-refractivity contribution in [2.75, 3.05) is 25.4 Å². The van der Waals surface area contributed by atoms with E-state index in [-0.39, 0.29) is 12.5 Å². The van der Waals surface area contributed by atoms with Crippen LogP contribution in [0.3, 0.4) is 0 Å². The van der Waals surface area contributed by atoms with Gasteiger partial charge >= 0.3 is 0 Å². The minimum Gasteiger partial charge on any atom is -0.484 e. The van der Waals surface area contributed by atoms with Gasteiger partial charge in [0.15, 0.2) is 6.61 Å². The van der Waals surface area contributed by atoms with E-state index in [0.717, 1.165) is 5.57 Å². The second kappa shape index (κ2) is 6.69. The Bertz CT molecular complexity index is 430. The van der Waals surface area contributed by atoms with Crippen LogP contribution in [0.4, 0.5) is 5.69 Å². The Morgan fingerprint density at radius 3 is 2.78 bits per heavy atom.